The number of aliphatic hydroxyl groups is 1. The molecule has 0 radical (unpaired) electrons. The summed E-state index contributed by atoms with van der Waals surface area (Å²) in [5, 5.41) is 10.8. The molecule has 2 atom stereocenters. The van der Waals surface area contributed by atoms with Gasteiger partial charge in [-0.15, -0.1) is 11.8 Å². The van der Waals surface area contributed by atoms with Crippen LogP contribution in [0.2, 0.25) is 0 Å². The molecule has 1 saturated heterocycles. The number of nitrogens with one attached hydrogen (secondary N) is 1. The number of carbonyl (C=O) groups is 1. The van der Waals surface area contributed by atoms with Gasteiger partial charge in [-0.05, 0) is 41.8 Å². The van der Waals surface area contributed by atoms with Crippen LogP contribution in [-0.4, -0.2) is 48.0 Å². The molecule has 1 amide bonds. The maximum absolute atomic E-state index is 14.3. The average Bonchev–Trinajstić information content (AvgIpc) is 3.36. The van der Waals surface area contributed by atoms with Gasteiger partial charge in [0.2, 0.25) is 15.9 Å². The van der Waals surface area contributed by atoms with Gasteiger partial charge in [-0.1, -0.05) is 48.5 Å². The normalized spacial score (nSPS) is 17.3. The molecule has 0 saturated carbocycles. The number of halogens is 2. The maximum atomic E-state index is 14.3. The first kappa shape index (κ1) is 25.3. The summed E-state index contributed by atoms with van der Waals surface area (Å²) >= 11 is 1.13. The molecule has 1 aliphatic heterocycles. The number of aliphatic hydroxyl groups excluding tert-OH is 1. The third-order valence-electron chi connectivity index (χ3n) is 5.72. The molecular formula is C25H24F2N2O4S2. The summed E-state index contributed by atoms with van der Waals surface area (Å²) in [6, 6.07) is 18.1. The largest absolute Gasteiger partial charge is 0.396 e. The van der Waals surface area contributed by atoms with Gasteiger partial charge < -0.3 is 10.4 Å². The fourth-order valence-electron chi connectivity index (χ4n) is 4.00. The number of carbonyl (C=O) groups excluding carboxylic acids is 1. The lowest BCUT2D eigenvalue weighted by Gasteiger charge is -2.26. The Morgan fingerprint density at radius 3 is 2.26 bits per heavy atom. The molecule has 0 bridgehead atoms. The van der Waals surface area contributed by atoms with Gasteiger partial charge in [-0.3, -0.25) is 4.79 Å². The topological polar surface area (TPSA) is 86.7 Å². The smallest absolute Gasteiger partial charge is 0.249 e. The third kappa shape index (κ3) is 5.40. The van der Waals surface area contributed by atoms with Crippen molar-refractivity contribution in [1.82, 2.24) is 9.62 Å². The van der Waals surface area contributed by atoms with Crippen molar-refractivity contribution in [3.05, 3.63) is 90.0 Å². The van der Waals surface area contributed by atoms with Gasteiger partial charge in [0.25, 0.3) is 0 Å². The van der Waals surface area contributed by atoms with E-state index in [-0.39, 0.29) is 23.4 Å². The van der Waals surface area contributed by atoms with Crippen molar-refractivity contribution in [2.75, 3.05) is 18.9 Å². The number of nitrogens with zero attached hydrogens (tertiary/aromatic N) is 1. The number of benzene rings is 3. The fourth-order valence-corrected chi connectivity index (χ4v) is 7.08. The third-order valence-corrected chi connectivity index (χ3v) is 8.94. The minimum atomic E-state index is -4.01. The monoisotopic (exact) mass is 518 g/mol. The van der Waals surface area contributed by atoms with Crippen molar-refractivity contribution in [2.45, 2.75) is 22.7 Å². The molecule has 1 fully saturated rings. The van der Waals surface area contributed by atoms with Crippen LogP contribution in [0.25, 0.3) is 11.1 Å². The van der Waals surface area contributed by atoms with Gasteiger partial charge in [0, 0.05) is 24.5 Å². The predicted molar refractivity (Wildman–Crippen MR) is 131 cm³/mol. The first-order chi connectivity index (χ1) is 16.8. The second kappa shape index (κ2) is 10.9. The minimum absolute atomic E-state index is 0.0459. The molecule has 0 aromatic heterocycles. The molecule has 1 aliphatic rings. The van der Waals surface area contributed by atoms with Gasteiger partial charge in [0.15, 0.2) is 0 Å². The summed E-state index contributed by atoms with van der Waals surface area (Å²) in [5.41, 5.74) is 1.43. The SMILES string of the molecule is O=C(NC(CCO)c1c(F)cccc1F)C1SCCN1S(=O)(=O)c1ccc(-c2ccccc2)cc1. The number of thioether (sulfide) groups is 1. The van der Waals surface area contributed by atoms with E-state index in [0.29, 0.717) is 5.75 Å². The number of hydrogen-bond donors (Lipinski definition) is 2. The van der Waals surface area contributed by atoms with E-state index in [0.717, 1.165) is 39.3 Å². The van der Waals surface area contributed by atoms with Crippen molar-refractivity contribution in [1.29, 1.82) is 0 Å². The Morgan fingerprint density at radius 1 is 1.00 bits per heavy atom. The molecule has 0 aliphatic carbocycles. The first-order valence-electron chi connectivity index (χ1n) is 11.0. The van der Waals surface area contributed by atoms with Crippen LogP contribution < -0.4 is 5.32 Å². The Morgan fingerprint density at radius 2 is 1.63 bits per heavy atom. The van der Waals surface area contributed by atoms with E-state index in [9.17, 15) is 27.1 Å². The van der Waals surface area contributed by atoms with E-state index in [2.05, 4.69) is 5.32 Å². The van der Waals surface area contributed by atoms with Crippen LogP contribution in [0.1, 0.15) is 18.0 Å². The number of amides is 1. The molecule has 1 heterocycles. The highest BCUT2D eigenvalue weighted by Crippen LogP contribution is 2.32. The van der Waals surface area contributed by atoms with Crippen LogP contribution in [0.4, 0.5) is 8.78 Å². The zero-order chi connectivity index (χ0) is 25.0. The molecule has 4 rings (SSSR count). The Kier molecular flexibility index (Phi) is 7.85. The summed E-state index contributed by atoms with van der Waals surface area (Å²) in [4.78, 5) is 13.1. The number of sulfonamides is 1. The Bertz CT molecular complexity index is 1270. The maximum Gasteiger partial charge on any atom is 0.249 e. The van der Waals surface area contributed by atoms with Gasteiger partial charge in [0.1, 0.15) is 17.0 Å². The standard InChI is InChI=1S/C25H24F2N2O4S2/c26-20-7-4-8-21(27)23(20)22(13-15-30)28-24(31)25-29(14-16-34-25)35(32,33)19-11-9-18(10-12-19)17-5-2-1-3-6-17/h1-12,22,25,30H,13-16H2,(H,28,31). The Balaban J connectivity index is 1.55. The molecule has 184 valence electrons. The van der Waals surface area contributed by atoms with Crippen molar-refractivity contribution in [3.63, 3.8) is 0 Å². The molecule has 2 N–H and O–H groups in total. The van der Waals surface area contributed by atoms with Gasteiger partial charge in [0.05, 0.1) is 10.9 Å². The Labute approximate surface area is 207 Å². The molecule has 3 aromatic rings. The molecule has 0 spiro atoms. The van der Waals surface area contributed by atoms with E-state index < -0.39 is 45.6 Å². The highest BCUT2D eigenvalue weighted by Gasteiger charge is 2.41. The van der Waals surface area contributed by atoms with E-state index in [1.807, 2.05) is 30.3 Å². The quantitative estimate of drug-likeness (QED) is 0.472. The minimum Gasteiger partial charge on any atom is -0.396 e. The van der Waals surface area contributed by atoms with E-state index in [4.69, 9.17) is 0 Å². The van der Waals surface area contributed by atoms with Crippen LogP contribution in [0.5, 0.6) is 0 Å². The summed E-state index contributed by atoms with van der Waals surface area (Å²) in [7, 11) is -4.01. The highest BCUT2D eigenvalue weighted by atomic mass is 32.2. The molecule has 2 unspecified atom stereocenters. The van der Waals surface area contributed by atoms with Crippen molar-refractivity contribution < 1.29 is 27.1 Å². The van der Waals surface area contributed by atoms with Gasteiger partial charge >= 0.3 is 0 Å². The molecule has 3 aromatic carbocycles. The summed E-state index contributed by atoms with van der Waals surface area (Å²) < 4.78 is 56.4. The van der Waals surface area contributed by atoms with Crippen LogP contribution in [0.15, 0.2) is 77.7 Å². The second-order valence-electron chi connectivity index (χ2n) is 7.94. The Hall–Kier alpha value is -2.79. The lowest BCUT2D eigenvalue weighted by atomic mass is 10.0. The van der Waals surface area contributed by atoms with E-state index in [1.54, 1.807) is 12.1 Å². The van der Waals surface area contributed by atoms with Crippen LogP contribution in [0, 0.1) is 11.6 Å². The summed E-state index contributed by atoms with van der Waals surface area (Å²) in [5.74, 6) is -2.02. The van der Waals surface area contributed by atoms with Crippen LogP contribution >= 0.6 is 11.8 Å². The first-order valence-corrected chi connectivity index (χ1v) is 13.5. The fraction of sp³-hybridized carbons (Fsp3) is 0.240. The number of hydrogen-bond acceptors (Lipinski definition) is 5. The lowest BCUT2D eigenvalue weighted by Crippen LogP contribution is -2.46. The van der Waals surface area contributed by atoms with E-state index in [1.165, 1.54) is 18.2 Å². The summed E-state index contributed by atoms with van der Waals surface area (Å²) in [6.45, 7) is -0.309. The molecule has 35 heavy (non-hydrogen) atoms. The average molecular weight is 519 g/mol. The number of rotatable bonds is 8. The van der Waals surface area contributed by atoms with Crippen LogP contribution in [0.3, 0.4) is 0 Å². The van der Waals surface area contributed by atoms with Crippen molar-refractivity contribution in [3.8, 4) is 11.1 Å². The van der Waals surface area contributed by atoms with Crippen molar-refractivity contribution in [2.24, 2.45) is 0 Å². The zero-order valence-electron chi connectivity index (χ0n) is 18.6. The summed E-state index contributed by atoms with van der Waals surface area (Å²) in [6.07, 6.45) is -0.130. The lowest BCUT2D eigenvalue weighted by molar-refractivity contribution is -0.123. The molecule has 10 heteroatoms. The molecule has 6 nitrogen and oxygen atoms in total. The van der Waals surface area contributed by atoms with Gasteiger partial charge in [-0.2, -0.15) is 4.31 Å². The highest BCUT2D eigenvalue weighted by molar-refractivity contribution is 8.02. The second-order valence-corrected chi connectivity index (χ2v) is 11.0. The molecular weight excluding hydrogens is 494 g/mol. The zero-order valence-corrected chi connectivity index (χ0v) is 20.2. The van der Waals surface area contributed by atoms with E-state index >= 15 is 0 Å². The van der Waals surface area contributed by atoms with Crippen LogP contribution in [-0.2, 0) is 14.8 Å². The van der Waals surface area contributed by atoms with Crippen molar-refractivity contribution >= 4 is 27.7 Å². The van der Waals surface area contributed by atoms with Gasteiger partial charge in [-0.25, -0.2) is 17.2 Å². The predicted octanol–water partition coefficient (Wildman–Crippen LogP) is 3.94.